The minimum absolute atomic E-state index is 0.0606. The van der Waals surface area contributed by atoms with E-state index in [2.05, 4.69) is 15.6 Å². The Kier molecular flexibility index (Phi) is 4.88. The number of carbonyl (C=O) groups excluding carboxylic acids is 1. The van der Waals surface area contributed by atoms with Crippen LogP contribution in [0.25, 0.3) is 10.9 Å². The Labute approximate surface area is 146 Å². The van der Waals surface area contributed by atoms with Crippen LogP contribution in [0.3, 0.4) is 0 Å². The number of benzene rings is 1. The zero-order chi connectivity index (χ0) is 18.0. The van der Waals surface area contributed by atoms with Gasteiger partial charge >= 0.3 is 5.97 Å². The van der Waals surface area contributed by atoms with E-state index in [4.69, 9.17) is 0 Å². The summed E-state index contributed by atoms with van der Waals surface area (Å²) < 4.78 is 0. The Morgan fingerprint density at radius 3 is 2.68 bits per heavy atom. The topological polar surface area (TPSA) is 91.3 Å². The number of rotatable bonds is 7. The van der Waals surface area contributed by atoms with Crippen molar-refractivity contribution in [2.75, 3.05) is 5.32 Å². The van der Waals surface area contributed by atoms with Gasteiger partial charge in [-0.2, -0.15) is 0 Å². The first-order chi connectivity index (χ1) is 12.0. The number of pyridine rings is 1. The number of hydrogen-bond donors (Lipinski definition) is 3. The lowest BCUT2D eigenvalue weighted by molar-refractivity contribution is -0.139. The first kappa shape index (κ1) is 17.2. The van der Waals surface area contributed by atoms with Gasteiger partial charge in [0.25, 0.3) is 5.91 Å². The molecule has 3 rings (SSSR count). The number of para-hydroxylation sites is 1. The van der Waals surface area contributed by atoms with Crippen molar-refractivity contribution in [3.8, 4) is 0 Å². The van der Waals surface area contributed by atoms with Gasteiger partial charge in [0.2, 0.25) is 0 Å². The molecule has 1 aliphatic carbocycles. The van der Waals surface area contributed by atoms with Crippen LogP contribution < -0.4 is 10.6 Å². The Morgan fingerprint density at radius 2 is 2.04 bits per heavy atom. The van der Waals surface area contributed by atoms with Crippen LogP contribution in [0.1, 0.15) is 43.5 Å². The molecule has 132 valence electrons. The van der Waals surface area contributed by atoms with Crippen molar-refractivity contribution in [1.29, 1.82) is 0 Å². The number of amides is 1. The normalized spacial score (nSPS) is 16.2. The number of aliphatic carboxylic acids is 1. The van der Waals surface area contributed by atoms with Gasteiger partial charge in [-0.1, -0.05) is 38.5 Å². The SMILES string of the molecule is CC[C@H](C)[C@H](Nc1cc(C(=O)NC2CC2)c2ccccc2n1)C(=O)O. The molecule has 0 saturated heterocycles. The zero-order valence-electron chi connectivity index (χ0n) is 14.5. The average Bonchev–Trinajstić information content (AvgIpc) is 3.41. The molecule has 6 heteroatoms. The molecule has 0 aliphatic heterocycles. The summed E-state index contributed by atoms with van der Waals surface area (Å²) in [6, 6.07) is 8.55. The molecule has 0 unspecified atom stereocenters. The third-order valence-corrected chi connectivity index (χ3v) is 4.66. The van der Waals surface area contributed by atoms with Gasteiger partial charge in [0, 0.05) is 11.4 Å². The maximum atomic E-state index is 12.6. The Balaban J connectivity index is 1.97. The highest BCUT2D eigenvalue weighted by atomic mass is 16.4. The minimum atomic E-state index is -0.923. The predicted molar refractivity (Wildman–Crippen MR) is 96.7 cm³/mol. The predicted octanol–water partition coefficient (Wildman–Crippen LogP) is 3.04. The van der Waals surface area contributed by atoms with E-state index in [0.717, 1.165) is 24.6 Å². The van der Waals surface area contributed by atoms with Crippen LogP contribution in [0.5, 0.6) is 0 Å². The molecular formula is C19H23N3O3. The Bertz CT molecular complexity index is 802. The number of anilines is 1. The molecule has 2 aromatic rings. The van der Waals surface area contributed by atoms with Crippen LogP contribution in [-0.2, 0) is 4.79 Å². The largest absolute Gasteiger partial charge is 0.480 e. The van der Waals surface area contributed by atoms with Gasteiger partial charge in [0.05, 0.1) is 11.1 Å². The smallest absolute Gasteiger partial charge is 0.326 e. The molecular weight excluding hydrogens is 318 g/mol. The maximum absolute atomic E-state index is 12.6. The van der Waals surface area contributed by atoms with Gasteiger partial charge < -0.3 is 15.7 Å². The van der Waals surface area contributed by atoms with Crippen molar-refractivity contribution < 1.29 is 14.7 Å². The van der Waals surface area contributed by atoms with E-state index in [1.807, 2.05) is 38.1 Å². The van der Waals surface area contributed by atoms with Gasteiger partial charge in [-0.15, -0.1) is 0 Å². The van der Waals surface area contributed by atoms with E-state index in [-0.39, 0.29) is 17.9 Å². The fourth-order valence-electron chi connectivity index (χ4n) is 2.77. The molecule has 6 nitrogen and oxygen atoms in total. The molecule has 1 aromatic heterocycles. The lowest BCUT2D eigenvalue weighted by atomic mass is 9.99. The molecule has 1 aromatic carbocycles. The van der Waals surface area contributed by atoms with Crippen LogP contribution in [-0.4, -0.2) is 34.1 Å². The number of carbonyl (C=O) groups is 2. The highest BCUT2D eigenvalue weighted by molar-refractivity contribution is 6.07. The van der Waals surface area contributed by atoms with Crippen LogP contribution in [0.2, 0.25) is 0 Å². The second-order valence-corrected chi connectivity index (χ2v) is 6.67. The standard InChI is InChI=1S/C19H23N3O3/c1-3-11(2)17(19(24)25)22-16-10-14(18(23)20-12-8-9-12)13-6-4-5-7-15(13)21-16/h4-7,10-12,17H,3,8-9H2,1-2H3,(H,20,23)(H,21,22)(H,24,25)/t11-,17-/m0/s1. The molecule has 3 N–H and O–H groups in total. The van der Waals surface area contributed by atoms with E-state index in [1.54, 1.807) is 6.07 Å². The van der Waals surface area contributed by atoms with E-state index >= 15 is 0 Å². The molecule has 1 heterocycles. The van der Waals surface area contributed by atoms with Crippen molar-refractivity contribution in [2.24, 2.45) is 5.92 Å². The molecule has 0 spiro atoms. The van der Waals surface area contributed by atoms with Crippen molar-refractivity contribution in [3.05, 3.63) is 35.9 Å². The van der Waals surface area contributed by atoms with Crippen molar-refractivity contribution in [1.82, 2.24) is 10.3 Å². The van der Waals surface area contributed by atoms with Gasteiger partial charge in [-0.25, -0.2) is 9.78 Å². The summed E-state index contributed by atoms with van der Waals surface area (Å²) in [5, 5.41) is 16.2. The third-order valence-electron chi connectivity index (χ3n) is 4.66. The second-order valence-electron chi connectivity index (χ2n) is 6.67. The van der Waals surface area contributed by atoms with E-state index in [0.29, 0.717) is 16.9 Å². The van der Waals surface area contributed by atoms with Crippen LogP contribution in [0, 0.1) is 5.92 Å². The summed E-state index contributed by atoms with van der Waals surface area (Å²) in [5.74, 6) is -0.713. The van der Waals surface area contributed by atoms with Crippen LogP contribution >= 0.6 is 0 Å². The maximum Gasteiger partial charge on any atom is 0.326 e. The monoisotopic (exact) mass is 341 g/mol. The lowest BCUT2D eigenvalue weighted by Gasteiger charge is -2.21. The number of nitrogens with one attached hydrogen (secondary N) is 2. The zero-order valence-corrected chi connectivity index (χ0v) is 14.5. The van der Waals surface area contributed by atoms with Crippen molar-refractivity contribution >= 4 is 28.6 Å². The van der Waals surface area contributed by atoms with Gasteiger partial charge in [0.15, 0.2) is 0 Å². The number of carboxylic acids is 1. The van der Waals surface area contributed by atoms with Crippen LogP contribution in [0.4, 0.5) is 5.82 Å². The summed E-state index contributed by atoms with van der Waals surface area (Å²) in [4.78, 5) is 28.7. The molecule has 0 radical (unpaired) electrons. The Morgan fingerprint density at radius 1 is 1.32 bits per heavy atom. The molecule has 0 bridgehead atoms. The summed E-state index contributed by atoms with van der Waals surface area (Å²) in [7, 11) is 0. The van der Waals surface area contributed by atoms with E-state index < -0.39 is 12.0 Å². The lowest BCUT2D eigenvalue weighted by Crippen LogP contribution is -2.35. The molecule has 1 saturated carbocycles. The molecule has 25 heavy (non-hydrogen) atoms. The van der Waals surface area contributed by atoms with Gasteiger partial charge in [0.1, 0.15) is 11.9 Å². The summed E-state index contributed by atoms with van der Waals surface area (Å²) in [6.45, 7) is 3.83. The highest BCUT2D eigenvalue weighted by Gasteiger charge is 2.27. The molecule has 1 aliphatic rings. The fraction of sp³-hybridized carbons (Fsp3) is 0.421. The second kappa shape index (κ2) is 7.09. The number of carboxylic acid groups (broad SMARTS) is 1. The van der Waals surface area contributed by atoms with Crippen molar-refractivity contribution in [2.45, 2.75) is 45.2 Å². The third kappa shape index (κ3) is 3.90. The quantitative estimate of drug-likeness (QED) is 0.720. The Hall–Kier alpha value is -2.63. The molecule has 1 amide bonds. The highest BCUT2D eigenvalue weighted by Crippen LogP contribution is 2.25. The van der Waals surface area contributed by atoms with Gasteiger partial charge in [-0.3, -0.25) is 4.79 Å². The number of nitrogens with zero attached hydrogens (tertiary/aromatic N) is 1. The summed E-state index contributed by atoms with van der Waals surface area (Å²) in [6.07, 6.45) is 2.75. The average molecular weight is 341 g/mol. The van der Waals surface area contributed by atoms with Crippen LogP contribution in [0.15, 0.2) is 30.3 Å². The molecule has 2 atom stereocenters. The van der Waals surface area contributed by atoms with Crippen molar-refractivity contribution in [3.63, 3.8) is 0 Å². The molecule has 1 fully saturated rings. The van der Waals surface area contributed by atoms with Gasteiger partial charge in [-0.05, 0) is 30.9 Å². The number of hydrogen-bond acceptors (Lipinski definition) is 4. The van der Waals surface area contributed by atoms with E-state index in [9.17, 15) is 14.7 Å². The first-order valence-corrected chi connectivity index (χ1v) is 8.69. The number of fused-ring (bicyclic) bond motifs is 1. The minimum Gasteiger partial charge on any atom is -0.480 e. The number of aromatic nitrogens is 1. The first-order valence-electron chi connectivity index (χ1n) is 8.69. The fourth-order valence-corrected chi connectivity index (χ4v) is 2.77. The summed E-state index contributed by atoms with van der Waals surface area (Å²) >= 11 is 0. The summed E-state index contributed by atoms with van der Waals surface area (Å²) in [5.41, 5.74) is 1.19. The van der Waals surface area contributed by atoms with E-state index in [1.165, 1.54) is 0 Å².